The van der Waals surface area contributed by atoms with E-state index >= 15 is 0 Å². The first-order valence-corrected chi connectivity index (χ1v) is 10.7. The standard InChI is InChI=1S/C25H33NO5/c1-18(27)25(2)17-26(24(28)30-4)16-21(25)20-12-13-22(29-3)23(15-20)31-14-8-11-19-9-6-5-7-10-19/h5-7,9-10,12-13,15,18,21,27H,8,11,14,16-17H2,1-4H3/t18-,21-,25-/m1/s1. The van der Waals surface area contributed by atoms with Gasteiger partial charge in [-0.1, -0.05) is 43.3 Å². The fourth-order valence-electron chi connectivity index (χ4n) is 4.32. The Kier molecular flexibility index (Phi) is 7.44. The Morgan fingerprint density at radius 1 is 1.19 bits per heavy atom. The van der Waals surface area contributed by atoms with E-state index in [0.29, 0.717) is 31.2 Å². The first kappa shape index (κ1) is 22.9. The van der Waals surface area contributed by atoms with Crippen molar-refractivity contribution in [1.29, 1.82) is 0 Å². The van der Waals surface area contributed by atoms with Crippen LogP contribution in [0.25, 0.3) is 0 Å². The number of nitrogens with zero attached hydrogens (tertiary/aromatic N) is 1. The number of hydrogen-bond donors (Lipinski definition) is 1. The third-order valence-electron chi connectivity index (χ3n) is 6.42. The fraction of sp³-hybridized carbons (Fsp3) is 0.480. The monoisotopic (exact) mass is 427 g/mol. The molecule has 1 heterocycles. The van der Waals surface area contributed by atoms with Crippen LogP contribution in [0, 0.1) is 5.41 Å². The molecule has 0 bridgehead atoms. The van der Waals surface area contributed by atoms with Gasteiger partial charge in [0, 0.05) is 24.4 Å². The molecule has 2 aromatic carbocycles. The van der Waals surface area contributed by atoms with Gasteiger partial charge in [-0.25, -0.2) is 4.79 Å². The number of likely N-dealkylation sites (tertiary alicyclic amines) is 1. The minimum atomic E-state index is -0.593. The van der Waals surface area contributed by atoms with Gasteiger partial charge in [0.25, 0.3) is 0 Å². The van der Waals surface area contributed by atoms with Gasteiger partial charge in [0.1, 0.15) is 0 Å². The van der Waals surface area contributed by atoms with Gasteiger partial charge in [-0.2, -0.15) is 0 Å². The molecule has 0 unspecified atom stereocenters. The van der Waals surface area contributed by atoms with Crippen molar-refractivity contribution in [3.8, 4) is 11.5 Å². The summed E-state index contributed by atoms with van der Waals surface area (Å²) >= 11 is 0. The molecule has 1 amide bonds. The van der Waals surface area contributed by atoms with E-state index in [9.17, 15) is 9.90 Å². The molecule has 0 saturated carbocycles. The number of hydrogen-bond acceptors (Lipinski definition) is 5. The first-order valence-electron chi connectivity index (χ1n) is 10.7. The van der Waals surface area contributed by atoms with Crippen molar-refractivity contribution in [2.75, 3.05) is 33.9 Å². The zero-order chi connectivity index (χ0) is 22.4. The molecule has 3 rings (SSSR count). The fourth-order valence-corrected chi connectivity index (χ4v) is 4.32. The number of rotatable bonds is 8. The number of aliphatic hydroxyl groups is 1. The van der Waals surface area contributed by atoms with Crippen LogP contribution in [-0.4, -0.2) is 56.1 Å². The number of amides is 1. The van der Waals surface area contributed by atoms with Crippen LogP contribution in [0.1, 0.15) is 37.3 Å². The summed E-state index contributed by atoms with van der Waals surface area (Å²) in [5.74, 6) is 1.30. The summed E-state index contributed by atoms with van der Waals surface area (Å²) in [5.41, 5.74) is 1.80. The Labute approximate surface area is 184 Å². The zero-order valence-corrected chi connectivity index (χ0v) is 18.8. The highest BCUT2D eigenvalue weighted by atomic mass is 16.5. The first-order chi connectivity index (χ1) is 14.9. The van der Waals surface area contributed by atoms with Crippen LogP contribution in [0.15, 0.2) is 48.5 Å². The molecule has 1 N–H and O–H groups in total. The van der Waals surface area contributed by atoms with Gasteiger partial charge in [-0.3, -0.25) is 0 Å². The second kappa shape index (κ2) is 10.1. The summed E-state index contributed by atoms with van der Waals surface area (Å²) in [7, 11) is 3.00. The number of benzene rings is 2. The van der Waals surface area contributed by atoms with Crippen LogP contribution in [-0.2, 0) is 11.2 Å². The third kappa shape index (κ3) is 5.13. The van der Waals surface area contributed by atoms with Crippen molar-refractivity contribution in [2.24, 2.45) is 5.41 Å². The summed E-state index contributed by atoms with van der Waals surface area (Å²) in [6.07, 6.45) is 0.868. The van der Waals surface area contributed by atoms with E-state index in [4.69, 9.17) is 14.2 Å². The number of aryl methyl sites for hydroxylation is 1. The van der Waals surface area contributed by atoms with Crippen LogP contribution in [0.3, 0.4) is 0 Å². The molecule has 2 aromatic rings. The maximum absolute atomic E-state index is 12.1. The molecule has 6 nitrogen and oxygen atoms in total. The molecule has 0 radical (unpaired) electrons. The summed E-state index contributed by atoms with van der Waals surface area (Å²) < 4.78 is 16.5. The van der Waals surface area contributed by atoms with Crippen LogP contribution in [0.2, 0.25) is 0 Å². The summed E-state index contributed by atoms with van der Waals surface area (Å²) in [4.78, 5) is 13.8. The highest BCUT2D eigenvalue weighted by Crippen LogP contribution is 2.47. The highest BCUT2D eigenvalue weighted by molar-refractivity contribution is 5.68. The van der Waals surface area contributed by atoms with Crippen LogP contribution in [0.5, 0.6) is 11.5 Å². The molecule has 0 aliphatic carbocycles. The van der Waals surface area contributed by atoms with Gasteiger partial charge in [0.2, 0.25) is 0 Å². The Bertz CT molecular complexity index is 869. The Morgan fingerprint density at radius 2 is 1.94 bits per heavy atom. The van der Waals surface area contributed by atoms with Crippen molar-refractivity contribution >= 4 is 6.09 Å². The van der Waals surface area contributed by atoms with E-state index in [0.717, 1.165) is 18.4 Å². The van der Waals surface area contributed by atoms with E-state index in [1.54, 1.807) is 18.9 Å². The van der Waals surface area contributed by atoms with Gasteiger partial charge in [-0.05, 0) is 43.0 Å². The minimum Gasteiger partial charge on any atom is -0.493 e. The molecule has 1 fully saturated rings. The van der Waals surface area contributed by atoms with Crippen LogP contribution in [0.4, 0.5) is 4.79 Å². The van der Waals surface area contributed by atoms with E-state index in [1.807, 2.05) is 43.3 Å². The quantitative estimate of drug-likeness (QED) is 0.638. The number of aliphatic hydroxyl groups excluding tert-OH is 1. The second-order valence-electron chi connectivity index (χ2n) is 8.43. The molecule has 1 saturated heterocycles. The van der Waals surface area contributed by atoms with Gasteiger partial charge < -0.3 is 24.2 Å². The largest absolute Gasteiger partial charge is 0.493 e. The molecule has 1 aliphatic heterocycles. The van der Waals surface area contributed by atoms with Crippen molar-refractivity contribution in [1.82, 2.24) is 4.90 Å². The summed E-state index contributed by atoms with van der Waals surface area (Å²) in [5, 5.41) is 10.5. The van der Waals surface area contributed by atoms with Crippen molar-refractivity contribution in [3.05, 3.63) is 59.7 Å². The smallest absolute Gasteiger partial charge is 0.409 e. The van der Waals surface area contributed by atoms with Crippen LogP contribution >= 0.6 is 0 Å². The molecular weight excluding hydrogens is 394 g/mol. The Morgan fingerprint density at radius 3 is 2.58 bits per heavy atom. The third-order valence-corrected chi connectivity index (χ3v) is 6.42. The lowest BCUT2D eigenvalue weighted by Gasteiger charge is -2.33. The van der Waals surface area contributed by atoms with Crippen molar-refractivity contribution in [3.63, 3.8) is 0 Å². The van der Waals surface area contributed by atoms with Gasteiger partial charge in [-0.15, -0.1) is 0 Å². The lowest BCUT2D eigenvalue weighted by molar-refractivity contribution is 0.0470. The SMILES string of the molecule is COC(=O)N1C[C@H](c2ccc(OC)c(OCCCc3ccccc3)c2)[C@@](C)([C@@H](C)O)C1. The Hall–Kier alpha value is -2.73. The summed E-state index contributed by atoms with van der Waals surface area (Å²) in [6.45, 7) is 5.27. The number of ether oxygens (including phenoxy) is 3. The predicted octanol–water partition coefficient (Wildman–Crippen LogP) is 4.26. The van der Waals surface area contributed by atoms with Gasteiger partial charge >= 0.3 is 6.09 Å². The second-order valence-corrected chi connectivity index (χ2v) is 8.43. The molecule has 0 spiro atoms. The minimum absolute atomic E-state index is 0.0517. The van der Waals surface area contributed by atoms with Crippen molar-refractivity contribution < 1.29 is 24.1 Å². The number of carbonyl (C=O) groups excluding carboxylic acids is 1. The molecule has 1 aliphatic rings. The molecule has 31 heavy (non-hydrogen) atoms. The Balaban J connectivity index is 1.75. The average molecular weight is 428 g/mol. The summed E-state index contributed by atoms with van der Waals surface area (Å²) in [6, 6.07) is 16.2. The van der Waals surface area contributed by atoms with E-state index in [-0.39, 0.29) is 12.0 Å². The normalized spacial score (nSPS) is 21.6. The van der Waals surface area contributed by atoms with E-state index in [2.05, 4.69) is 12.1 Å². The molecule has 6 heteroatoms. The zero-order valence-electron chi connectivity index (χ0n) is 18.8. The molecule has 3 atom stereocenters. The van der Waals surface area contributed by atoms with E-state index in [1.165, 1.54) is 12.7 Å². The van der Waals surface area contributed by atoms with Crippen LogP contribution < -0.4 is 9.47 Å². The maximum atomic E-state index is 12.1. The lowest BCUT2D eigenvalue weighted by atomic mass is 9.72. The number of carbonyl (C=O) groups is 1. The van der Waals surface area contributed by atoms with E-state index < -0.39 is 11.5 Å². The van der Waals surface area contributed by atoms with Crippen molar-refractivity contribution in [2.45, 2.75) is 38.7 Å². The molecular formula is C25H33NO5. The lowest BCUT2D eigenvalue weighted by Crippen LogP contribution is -2.38. The molecule has 0 aromatic heterocycles. The van der Waals surface area contributed by atoms with Gasteiger partial charge in [0.05, 0.1) is 26.9 Å². The highest BCUT2D eigenvalue weighted by Gasteiger charge is 2.48. The topological polar surface area (TPSA) is 68.2 Å². The predicted molar refractivity (Wildman–Crippen MR) is 120 cm³/mol. The van der Waals surface area contributed by atoms with Gasteiger partial charge in [0.15, 0.2) is 11.5 Å². The average Bonchev–Trinajstić information content (AvgIpc) is 3.15. The molecule has 168 valence electrons. The maximum Gasteiger partial charge on any atom is 0.409 e. The number of methoxy groups -OCH3 is 2.